The normalized spacial score (nSPS) is 24.6. The van der Waals surface area contributed by atoms with E-state index in [1.807, 2.05) is 6.92 Å². The van der Waals surface area contributed by atoms with Crippen LogP contribution < -0.4 is 0 Å². The Morgan fingerprint density at radius 1 is 1.36 bits per heavy atom. The van der Waals surface area contributed by atoms with Crippen LogP contribution in [-0.2, 0) is 14.3 Å². The number of carbonyl (C=O) groups is 1. The molecule has 0 aromatic heterocycles. The number of carbonyl (C=O) groups excluding carboxylic acids is 1. The van der Waals surface area contributed by atoms with Gasteiger partial charge in [0.15, 0.2) is 0 Å². The van der Waals surface area contributed by atoms with E-state index in [1.165, 1.54) is 0 Å². The van der Waals surface area contributed by atoms with E-state index in [9.17, 15) is 4.79 Å². The summed E-state index contributed by atoms with van der Waals surface area (Å²) in [6, 6.07) is 0. The predicted octanol–water partition coefficient (Wildman–Crippen LogP) is 1.82. The molecule has 1 aliphatic carbocycles. The van der Waals surface area contributed by atoms with E-state index < -0.39 is 5.79 Å². The molecule has 0 atom stereocenters. The van der Waals surface area contributed by atoms with Crippen LogP contribution in [-0.4, -0.2) is 24.8 Å². The molecule has 3 nitrogen and oxygen atoms in total. The number of Topliss-reactive ketones (excluding diaryl/α,β-unsaturated/α-hetero) is 1. The van der Waals surface area contributed by atoms with Crippen LogP contribution in [0, 0.1) is 0 Å². The van der Waals surface area contributed by atoms with Crippen LogP contribution >= 0.6 is 0 Å². The van der Waals surface area contributed by atoms with Gasteiger partial charge in [0, 0.05) is 11.1 Å². The molecule has 0 saturated carbocycles. The van der Waals surface area contributed by atoms with Crippen LogP contribution in [0.1, 0.15) is 33.1 Å². The Kier molecular flexibility index (Phi) is 2.45. The van der Waals surface area contributed by atoms with Gasteiger partial charge in [-0.05, 0) is 19.8 Å². The quantitative estimate of drug-likeness (QED) is 0.690. The van der Waals surface area contributed by atoms with Crippen molar-refractivity contribution < 1.29 is 14.3 Å². The van der Waals surface area contributed by atoms with Crippen molar-refractivity contribution in [2.24, 2.45) is 0 Å². The number of ketones is 1. The molecule has 0 amide bonds. The van der Waals surface area contributed by atoms with Crippen molar-refractivity contribution in [2.75, 3.05) is 13.2 Å². The van der Waals surface area contributed by atoms with Crippen molar-refractivity contribution in [3.05, 3.63) is 11.1 Å². The van der Waals surface area contributed by atoms with Gasteiger partial charge in [0.1, 0.15) is 0 Å². The summed E-state index contributed by atoms with van der Waals surface area (Å²) in [6.45, 7) is 5.13. The first-order valence-electron chi connectivity index (χ1n) is 5.25. The highest BCUT2D eigenvalue weighted by molar-refractivity contribution is 6.11. The minimum Gasteiger partial charge on any atom is -0.338 e. The zero-order chi connectivity index (χ0) is 10.2. The Labute approximate surface area is 84.1 Å². The number of hydrogen-bond donors (Lipinski definition) is 0. The monoisotopic (exact) mass is 196 g/mol. The molecule has 0 bridgehead atoms. The van der Waals surface area contributed by atoms with Crippen molar-refractivity contribution >= 4 is 5.78 Å². The second-order valence-electron chi connectivity index (χ2n) is 3.85. The molecule has 1 saturated heterocycles. The molecule has 0 unspecified atom stereocenters. The molecule has 1 fully saturated rings. The van der Waals surface area contributed by atoms with E-state index in [0.717, 1.165) is 30.4 Å². The second-order valence-corrected chi connectivity index (χ2v) is 3.85. The molecule has 0 aromatic rings. The summed E-state index contributed by atoms with van der Waals surface area (Å²) in [5, 5.41) is 0. The van der Waals surface area contributed by atoms with Gasteiger partial charge in [0.05, 0.1) is 13.2 Å². The van der Waals surface area contributed by atoms with Crippen molar-refractivity contribution in [2.45, 2.75) is 38.9 Å². The smallest absolute Gasteiger partial charge is 0.257 e. The molecule has 14 heavy (non-hydrogen) atoms. The maximum Gasteiger partial charge on any atom is 0.257 e. The van der Waals surface area contributed by atoms with Crippen molar-refractivity contribution in [1.82, 2.24) is 0 Å². The van der Waals surface area contributed by atoms with Crippen molar-refractivity contribution in [3.63, 3.8) is 0 Å². The molecule has 0 radical (unpaired) electrons. The lowest BCUT2D eigenvalue weighted by molar-refractivity contribution is -0.171. The number of unbranched alkanes of at least 4 members (excludes halogenated alkanes) is 1. The lowest BCUT2D eigenvalue weighted by atomic mass is 9.78. The Morgan fingerprint density at radius 2 is 2.00 bits per heavy atom. The lowest BCUT2D eigenvalue weighted by Gasteiger charge is -2.37. The highest BCUT2D eigenvalue weighted by atomic mass is 16.7. The average Bonchev–Trinajstić information content (AvgIpc) is 2.69. The second kappa shape index (κ2) is 3.48. The minimum atomic E-state index is -0.955. The molecule has 1 spiro atoms. The van der Waals surface area contributed by atoms with Crippen LogP contribution in [0.3, 0.4) is 0 Å². The van der Waals surface area contributed by atoms with E-state index in [1.54, 1.807) is 0 Å². The third-order valence-electron chi connectivity index (χ3n) is 2.99. The Bertz CT molecular complexity index is 285. The van der Waals surface area contributed by atoms with E-state index in [4.69, 9.17) is 9.47 Å². The van der Waals surface area contributed by atoms with Gasteiger partial charge in [-0.2, -0.15) is 0 Å². The maximum absolute atomic E-state index is 11.8. The highest BCUT2D eigenvalue weighted by Gasteiger charge is 2.55. The first-order chi connectivity index (χ1) is 6.72. The topological polar surface area (TPSA) is 35.5 Å². The van der Waals surface area contributed by atoms with Gasteiger partial charge < -0.3 is 9.47 Å². The molecule has 2 rings (SSSR count). The van der Waals surface area contributed by atoms with E-state index >= 15 is 0 Å². The van der Waals surface area contributed by atoms with E-state index in [2.05, 4.69) is 6.92 Å². The van der Waals surface area contributed by atoms with Crippen LogP contribution in [0.2, 0.25) is 0 Å². The molecular formula is C11H16O3. The Hall–Kier alpha value is -0.670. The van der Waals surface area contributed by atoms with Crippen LogP contribution in [0.15, 0.2) is 11.1 Å². The summed E-state index contributed by atoms with van der Waals surface area (Å²) in [5.74, 6) is -0.899. The standard InChI is InChI=1S/C11H16O3/c1-3-4-5-9-8(2)11(10(9)12)13-6-7-14-11/h3-7H2,1-2H3. The molecule has 2 aliphatic rings. The van der Waals surface area contributed by atoms with E-state index in [0.29, 0.717) is 13.2 Å². The zero-order valence-corrected chi connectivity index (χ0v) is 8.76. The van der Waals surface area contributed by atoms with Crippen LogP contribution in [0.25, 0.3) is 0 Å². The fourth-order valence-electron chi connectivity index (χ4n) is 2.09. The minimum absolute atomic E-state index is 0.0564. The number of ether oxygens (including phenoxy) is 2. The summed E-state index contributed by atoms with van der Waals surface area (Å²) >= 11 is 0. The van der Waals surface area contributed by atoms with Crippen LogP contribution in [0.5, 0.6) is 0 Å². The Balaban J connectivity index is 2.12. The Morgan fingerprint density at radius 3 is 2.50 bits per heavy atom. The van der Waals surface area contributed by atoms with Crippen molar-refractivity contribution in [3.8, 4) is 0 Å². The van der Waals surface area contributed by atoms with Crippen LogP contribution in [0.4, 0.5) is 0 Å². The SMILES string of the molecule is CCCCC1=C(C)C2(OCCO2)C1=O. The summed E-state index contributed by atoms with van der Waals surface area (Å²) < 4.78 is 10.8. The summed E-state index contributed by atoms with van der Waals surface area (Å²) in [6.07, 6.45) is 3.04. The molecular weight excluding hydrogens is 180 g/mol. The molecule has 0 aromatic carbocycles. The van der Waals surface area contributed by atoms with Gasteiger partial charge in [-0.3, -0.25) is 4.79 Å². The maximum atomic E-state index is 11.8. The molecule has 1 aliphatic heterocycles. The van der Waals surface area contributed by atoms with Crippen molar-refractivity contribution in [1.29, 1.82) is 0 Å². The van der Waals surface area contributed by atoms with E-state index in [-0.39, 0.29) is 5.78 Å². The van der Waals surface area contributed by atoms with Gasteiger partial charge in [-0.15, -0.1) is 0 Å². The number of rotatable bonds is 3. The first kappa shape index (κ1) is 9.87. The fourth-order valence-corrected chi connectivity index (χ4v) is 2.09. The molecule has 3 heteroatoms. The largest absolute Gasteiger partial charge is 0.338 e. The summed E-state index contributed by atoms with van der Waals surface area (Å²) in [5.41, 5.74) is 1.92. The first-order valence-corrected chi connectivity index (χ1v) is 5.25. The van der Waals surface area contributed by atoms with Gasteiger partial charge in [0.2, 0.25) is 5.78 Å². The van der Waals surface area contributed by atoms with Gasteiger partial charge in [-0.1, -0.05) is 13.3 Å². The van der Waals surface area contributed by atoms with Gasteiger partial charge in [0.25, 0.3) is 5.79 Å². The van der Waals surface area contributed by atoms with Gasteiger partial charge >= 0.3 is 0 Å². The number of hydrogen-bond acceptors (Lipinski definition) is 3. The third kappa shape index (κ3) is 1.16. The summed E-state index contributed by atoms with van der Waals surface area (Å²) in [7, 11) is 0. The molecule has 1 heterocycles. The lowest BCUT2D eigenvalue weighted by Crippen LogP contribution is -2.51. The third-order valence-corrected chi connectivity index (χ3v) is 2.99. The zero-order valence-electron chi connectivity index (χ0n) is 8.76. The highest BCUT2D eigenvalue weighted by Crippen LogP contribution is 2.43. The molecule has 78 valence electrons. The molecule has 0 N–H and O–H groups in total. The fraction of sp³-hybridized carbons (Fsp3) is 0.727. The van der Waals surface area contributed by atoms with Gasteiger partial charge in [-0.25, -0.2) is 0 Å². The summed E-state index contributed by atoms with van der Waals surface area (Å²) in [4.78, 5) is 11.8. The average molecular weight is 196 g/mol. The predicted molar refractivity (Wildman–Crippen MR) is 51.9 cm³/mol.